The van der Waals surface area contributed by atoms with Gasteiger partial charge >= 0.3 is 11.8 Å². The maximum Gasteiger partial charge on any atom is 0.309 e. The number of sulfonamides is 1. The van der Waals surface area contributed by atoms with Crippen molar-refractivity contribution in [2.24, 2.45) is 0 Å². The Kier molecular flexibility index (Phi) is 7.23. The zero-order chi connectivity index (χ0) is 21.6. The molecule has 0 unspecified atom stereocenters. The highest BCUT2D eigenvalue weighted by Gasteiger charge is 2.25. The first-order chi connectivity index (χ1) is 14.4. The third-order valence-corrected chi connectivity index (χ3v) is 7.10. The molecule has 2 aromatic carbocycles. The van der Waals surface area contributed by atoms with Gasteiger partial charge in [-0.15, -0.1) is 0 Å². The highest BCUT2D eigenvalue weighted by atomic mass is 32.2. The topological polar surface area (TPSA) is 95.6 Å². The predicted octanol–water partition coefficient (Wildman–Crippen LogP) is 2.35. The second-order valence-corrected chi connectivity index (χ2v) is 9.34. The predicted molar refractivity (Wildman–Crippen MR) is 114 cm³/mol. The number of hydrogen-bond donors (Lipinski definition) is 2. The Labute approximate surface area is 177 Å². The molecule has 1 aliphatic heterocycles. The van der Waals surface area contributed by atoms with Crippen LogP contribution in [0.2, 0.25) is 0 Å². The standard InChI is InChI=1S/C22H27N3O4S/c1-17(19-8-4-2-5-9-19)24-22(27)21(26)23-16-18-10-12-20(13-11-18)30(28,29)25-14-6-3-7-15-25/h2,4-5,8-13,17H,3,6-7,14-16H2,1H3,(H,23,26)(H,24,27)/t17-/m1/s1. The largest absolute Gasteiger partial charge is 0.344 e. The zero-order valence-corrected chi connectivity index (χ0v) is 17.8. The summed E-state index contributed by atoms with van der Waals surface area (Å²) in [4.78, 5) is 24.4. The minimum Gasteiger partial charge on any atom is -0.344 e. The van der Waals surface area contributed by atoms with Gasteiger partial charge in [0.2, 0.25) is 10.0 Å². The Bertz CT molecular complexity index is 969. The van der Waals surface area contributed by atoms with Gasteiger partial charge < -0.3 is 10.6 Å². The SMILES string of the molecule is C[C@@H](NC(=O)C(=O)NCc1ccc(S(=O)(=O)N2CCCCC2)cc1)c1ccccc1. The van der Waals surface area contributed by atoms with Crippen LogP contribution in [0.15, 0.2) is 59.5 Å². The van der Waals surface area contributed by atoms with Crippen molar-refractivity contribution in [1.82, 2.24) is 14.9 Å². The summed E-state index contributed by atoms with van der Waals surface area (Å²) in [5, 5.41) is 5.23. The summed E-state index contributed by atoms with van der Waals surface area (Å²) in [6.45, 7) is 3.05. The van der Waals surface area contributed by atoms with E-state index >= 15 is 0 Å². The number of carbonyl (C=O) groups excluding carboxylic acids is 2. The highest BCUT2D eigenvalue weighted by molar-refractivity contribution is 7.89. The third kappa shape index (κ3) is 5.46. The third-order valence-electron chi connectivity index (χ3n) is 5.18. The van der Waals surface area contributed by atoms with Gasteiger partial charge in [0.05, 0.1) is 10.9 Å². The molecule has 0 aromatic heterocycles. The van der Waals surface area contributed by atoms with Crippen LogP contribution in [-0.4, -0.2) is 37.6 Å². The molecule has 0 bridgehead atoms. The van der Waals surface area contributed by atoms with Crippen LogP contribution in [0.5, 0.6) is 0 Å². The fourth-order valence-corrected chi connectivity index (χ4v) is 4.90. The minimum atomic E-state index is -3.48. The van der Waals surface area contributed by atoms with Gasteiger partial charge in [0.25, 0.3) is 0 Å². The van der Waals surface area contributed by atoms with E-state index in [1.807, 2.05) is 37.3 Å². The fourth-order valence-electron chi connectivity index (χ4n) is 3.38. The van der Waals surface area contributed by atoms with E-state index in [2.05, 4.69) is 10.6 Å². The Morgan fingerprint density at radius 3 is 2.20 bits per heavy atom. The number of nitrogens with zero attached hydrogens (tertiary/aromatic N) is 1. The second-order valence-electron chi connectivity index (χ2n) is 7.40. The summed E-state index contributed by atoms with van der Waals surface area (Å²) in [5.41, 5.74) is 1.62. The summed E-state index contributed by atoms with van der Waals surface area (Å²) in [6, 6.07) is 15.5. The van der Waals surface area contributed by atoms with Gasteiger partial charge in [-0.2, -0.15) is 4.31 Å². The molecule has 8 heteroatoms. The smallest absolute Gasteiger partial charge is 0.309 e. The molecule has 2 amide bonds. The lowest BCUT2D eigenvalue weighted by molar-refractivity contribution is -0.139. The molecule has 0 radical (unpaired) electrons. The quantitative estimate of drug-likeness (QED) is 0.689. The molecule has 1 aliphatic rings. The van der Waals surface area contributed by atoms with Gasteiger partial charge in [-0.25, -0.2) is 8.42 Å². The maximum atomic E-state index is 12.7. The lowest BCUT2D eigenvalue weighted by atomic mass is 10.1. The van der Waals surface area contributed by atoms with Crippen molar-refractivity contribution in [3.63, 3.8) is 0 Å². The van der Waals surface area contributed by atoms with Crippen LogP contribution in [0.4, 0.5) is 0 Å². The summed E-state index contributed by atoms with van der Waals surface area (Å²) in [7, 11) is -3.48. The average Bonchev–Trinajstić information content (AvgIpc) is 2.78. The first-order valence-corrected chi connectivity index (χ1v) is 11.5. The Morgan fingerprint density at radius 1 is 0.933 bits per heavy atom. The van der Waals surface area contributed by atoms with Crippen LogP contribution in [-0.2, 0) is 26.2 Å². The monoisotopic (exact) mass is 429 g/mol. The number of amides is 2. The van der Waals surface area contributed by atoms with Gasteiger partial charge in [-0.05, 0) is 43.0 Å². The van der Waals surface area contributed by atoms with Crippen LogP contribution in [0.25, 0.3) is 0 Å². The van der Waals surface area contributed by atoms with E-state index in [0.29, 0.717) is 18.7 Å². The number of piperidine rings is 1. The zero-order valence-electron chi connectivity index (χ0n) is 17.0. The highest BCUT2D eigenvalue weighted by Crippen LogP contribution is 2.20. The molecule has 30 heavy (non-hydrogen) atoms. The molecule has 1 saturated heterocycles. The van der Waals surface area contributed by atoms with E-state index in [0.717, 1.165) is 24.8 Å². The van der Waals surface area contributed by atoms with Crippen LogP contribution in [0.3, 0.4) is 0 Å². The van der Waals surface area contributed by atoms with Crippen molar-refractivity contribution in [2.45, 2.75) is 43.7 Å². The average molecular weight is 430 g/mol. The maximum absolute atomic E-state index is 12.7. The number of hydrogen-bond acceptors (Lipinski definition) is 4. The molecular formula is C22H27N3O4S. The molecule has 1 heterocycles. The van der Waals surface area contributed by atoms with Gasteiger partial charge in [0.15, 0.2) is 0 Å². The van der Waals surface area contributed by atoms with E-state index in [9.17, 15) is 18.0 Å². The molecule has 2 N–H and O–H groups in total. The Hall–Kier alpha value is -2.71. The Balaban J connectivity index is 1.53. The van der Waals surface area contributed by atoms with Gasteiger partial charge in [0.1, 0.15) is 0 Å². The summed E-state index contributed by atoms with van der Waals surface area (Å²) in [6.07, 6.45) is 2.82. The van der Waals surface area contributed by atoms with Crippen molar-refractivity contribution < 1.29 is 18.0 Å². The number of rotatable bonds is 6. The van der Waals surface area contributed by atoms with Crippen molar-refractivity contribution in [2.75, 3.05) is 13.1 Å². The van der Waals surface area contributed by atoms with Gasteiger partial charge in [-0.3, -0.25) is 9.59 Å². The van der Waals surface area contributed by atoms with Crippen LogP contribution >= 0.6 is 0 Å². The number of carbonyl (C=O) groups is 2. The van der Waals surface area contributed by atoms with E-state index in [1.54, 1.807) is 24.3 Å². The van der Waals surface area contributed by atoms with E-state index in [-0.39, 0.29) is 17.5 Å². The van der Waals surface area contributed by atoms with Gasteiger partial charge in [0, 0.05) is 19.6 Å². The lowest BCUT2D eigenvalue weighted by Crippen LogP contribution is -2.40. The fraction of sp³-hybridized carbons (Fsp3) is 0.364. The molecule has 2 aromatic rings. The van der Waals surface area contributed by atoms with Crippen molar-refractivity contribution >= 4 is 21.8 Å². The normalized spacial score (nSPS) is 15.9. The first kappa shape index (κ1) is 22.0. The van der Waals surface area contributed by atoms with E-state index < -0.39 is 21.8 Å². The van der Waals surface area contributed by atoms with Crippen LogP contribution in [0.1, 0.15) is 43.4 Å². The van der Waals surface area contributed by atoms with Crippen molar-refractivity contribution in [3.05, 3.63) is 65.7 Å². The molecule has 1 fully saturated rings. The minimum absolute atomic E-state index is 0.135. The summed E-state index contributed by atoms with van der Waals surface area (Å²) < 4.78 is 26.9. The molecule has 3 rings (SSSR count). The Morgan fingerprint density at radius 2 is 1.57 bits per heavy atom. The molecule has 1 atom stereocenters. The van der Waals surface area contributed by atoms with Crippen molar-refractivity contribution in [3.8, 4) is 0 Å². The second kappa shape index (κ2) is 9.86. The van der Waals surface area contributed by atoms with E-state index in [4.69, 9.17) is 0 Å². The molecular weight excluding hydrogens is 402 g/mol. The lowest BCUT2D eigenvalue weighted by Gasteiger charge is -2.25. The van der Waals surface area contributed by atoms with Crippen LogP contribution < -0.4 is 10.6 Å². The summed E-state index contributed by atoms with van der Waals surface area (Å²) in [5.74, 6) is -1.45. The number of benzene rings is 2. The van der Waals surface area contributed by atoms with Crippen molar-refractivity contribution in [1.29, 1.82) is 0 Å². The molecule has 0 spiro atoms. The van der Waals surface area contributed by atoms with E-state index in [1.165, 1.54) is 4.31 Å². The summed E-state index contributed by atoms with van der Waals surface area (Å²) >= 11 is 0. The molecule has 0 aliphatic carbocycles. The van der Waals surface area contributed by atoms with Crippen LogP contribution in [0, 0.1) is 0 Å². The molecule has 160 valence electrons. The molecule has 7 nitrogen and oxygen atoms in total. The molecule has 0 saturated carbocycles. The number of nitrogens with one attached hydrogen (secondary N) is 2. The first-order valence-electron chi connectivity index (χ1n) is 10.1. The van der Waals surface area contributed by atoms with Gasteiger partial charge in [-0.1, -0.05) is 48.9 Å².